The van der Waals surface area contributed by atoms with Gasteiger partial charge < -0.3 is 15.5 Å². The van der Waals surface area contributed by atoms with E-state index in [1.54, 1.807) is 31.3 Å². The maximum absolute atomic E-state index is 12.6. The number of benzene rings is 2. The number of thioether (sulfide) groups is 1. The summed E-state index contributed by atoms with van der Waals surface area (Å²) in [4.78, 5) is 27.1. The fourth-order valence-corrected chi connectivity index (χ4v) is 4.25. The number of anilines is 3. The second-order valence-corrected chi connectivity index (χ2v) is 9.11. The van der Waals surface area contributed by atoms with Crippen LogP contribution in [0.5, 0.6) is 0 Å². The highest BCUT2D eigenvalue weighted by atomic mass is 32.2. The molecule has 0 aliphatic carbocycles. The maximum Gasteiger partial charge on any atom is 0.255 e. The quantitative estimate of drug-likeness (QED) is 0.515. The van der Waals surface area contributed by atoms with Crippen molar-refractivity contribution >= 4 is 40.6 Å². The molecule has 1 saturated heterocycles. The fraction of sp³-hybridized carbons (Fsp3) is 0.348. The van der Waals surface area contributed by atoms with Crippen LogP contribution in [0, 0.1) is 5.92 Å². The van der Waals surface area contributed by atoms with Crippen molar-refractivity contribution in [1.82, 2.24) is 20.2 Å². The van der Waals surface area contributed by atoms with Gasteiger partial charge in [0, 0.05) is 42.8 Å². The Balaban J connectivity index is 1.27. The van der Waals surface area contributed by atoms with Crippen LogP contribution in [0.15, 0.2) is 53.7 Å². The maximum atomic E-state index is 12.6. The number of hydrogen-bond donors (Lipinski definition) is 2. The highest BCUT2D eigenvalue weighted by Gasteiger charge is 2.16. The minimum atomic E-state index is -0.197. The molecular formula is C23H27N7O2S. The summed E-state index contributed by atoms with van der Waals surface area (Å²) in [5.41, 5.74) is 3.07. The van der Waals surface area contributed by atoms with Crippen LogP contribution in [-0.2, 0) is 11.8 Å². The molecule has 0 saturated carbocycles. The van der Waals surface area contributed by atoms with E-state index in [-0.39, 0.29) is 17.6 Å². The Labute approximate surface area is 196 Å². The number of hydrogen-bond acceptors (Lipinski definition) is 7. The van der Waals surface area contributed by atoms with Gasteiger partial charge in [-0.2, -0.15) is 0 Å². The Morgan fingerprint density at radius 3 is 2.27 bits per heavy atom. The van der Waals surface area contributed by atoms with Crippen LogP contribution in [0.1, 0.15) is 30.1 Å². The molecule has 0 atom stereocenters. The number of amides is 2. The molecule has 2 aromatic carbocycles. The van der Waals surface area contributed by atoms with Gasteiger partial charge in [0.2, 0.25) is 11.1 Å². The molecule has 1 aliphatic heterocycles. The zero-order chi connectivity index (χ0) is 23.2. The highest BCUT2D eigenvalue weighted by Crippen LogP contribution is 2.24. The molecular weight excluding hydrogens is 438 g/mol. The van der Waals surface area contributed by atoms with Crippen molar-refractivity contribution in [2.24, 2.45) is 13.0 Å². The van der Waals surface area contributed by atoms with Crippen molar-refractivity contribution in [1.29, 1.82) is 0 Å². The molecule has 2 heterocycles. The Morgan fingerprint density at radius 2 is 1.64 bits per heavy atom. The first-order chi connectivity index (χ1) is 16.0. The third-order valence-corrected chi connectivity index (χ3v) is 6.63. The topological polar surface area (TPSA) is 105 Å². The van der Waals surface area contributed by atoms with Crippen molar-refractivity contribution in [2.75, 3.05) is 34.4 Å². The van der Waals surface area contributed by atoms with Gasteiger partial charge in [-0.1, -0.05) is 18.7 Å². The van der Waals surface area contributed by atoms with Crippen LogP contribution >= 0.6 is 11.8 Å². The molecule has 2 amide bonds. The first kappa shape index (κ1) is 22.8. The molecule has 10 heteroatoms. The molecule has 0 unspecified atom stereocenters. The van der Waals surface area contributed by atoms with E-state index in [1.807, 2.05) is 12.1 Å². The average Bonchev–Trinajstić information content (AvgIpc) is 3.24. The van der Waals surface area contributed by atoms with E-state index in [0.29, 0.717) is 16.4 Å². The van der Waals surface area contributed by atoms with Crippen LogP contribution < -0.4 is 15.5 Å². The SMILES string of the molecule is CC1CCN(c2ccc(NC(=O)c3ccc(NC(=O)CSc4nnnn4C)cc3)cc2)CC1. The standard InChI is InChI=1S/C23H27N7O2S/c1-16-11-13-30(14-12-16)20-9-7-19(8-10-20)25-22(32)17-3-5-18(6-4-17)24-21(31)15-33-23-26-27-28-29(23)2/h3-10,16H,11-15H2,1-2H3,(H,24,31)(H,25,32). The van der Waals surface area contributed by atoms with Gasteiger partial charge >= 0.3 is 0 Å². The summed E-state index contributed by atoms with van der Waals surface area (Å²) >= 11 is 1.25. The summed E-state index contributed by atoms with van der Waals surface area (Å²) in [6.45, 7) is 4.45. The summed E-state index contributed by atoms with van der Waals surface area (Å²) in [5, 5.41) is 17.4. The fourth-order valence-electron chi connectivity index (χ4n) is 3.60. The zero-order valence-corrected chi connectivity index (χ0v) is 19.5. The van der Waals surface area contributed by atoms with Gasteiger partial charge in [0.05, 0.1) is 5.75 Å². The van der Waals surface area contributed by atoms with Gasteiger partial charge in [-0.3, -0.25) is 9.59 Å². The van der Waals surface area contributed by atoms with E-state index in [2.05, 4.69) is 50.1 Å². The van der Waals surface area contributed by atoms with E-state index in [9.17, 15) is 9.59 Å². The number of aromatic nitrogens is 4. The molecule has 1 aliphatic rings. The minimum absolute atomic E-state index is 0.177. The molecule has 172 valence electrons. The summed E-state index contributed by atoms with van der Waals surface area (Å²) in [5.74, 6) is 0.601. The number of tetrazole rings is 1. The molecule has 1 fully saturated rings. The zero-order valence-electron chi connectivity index (χ0n) is 18.7. The molecule has 33 heavy (non-hydrogen) atoms. The van der Waals surface area contributed by atoms with Crippen molar-refractivity contribution in [2.45, 2.75) is 24.9 Å². The van der Waals surface area contributed by atoms with Crippen molar-refractivity contribution in [3.8, 4) is 0 Å². The van der Waals surface area contributed by atoms with Crippen LogP contribution in [0.4, 0.5) is 17.1 Å². The lowest BCUT2D eigenvalue weighted by Gasteiger charge is -2.32. The second kappa shape index (κ2) is 10.5. The van der Waals surface area contributed by atoms with Gasteiger partial charge in [-0.15, -0.1) is 5.10 Å². The van der Waals surface area contributed by atoms with Gasteiger partial charge in [-0.05, 0) is 77.7 Å². The monoisotopic (exact) mass is 465 g/mol. The summed E-state index contributed by atoms with van der Waals surface area (Å²) in [7, 11) is 1.72. The normalized spacial score (nSPS) is 14.2. The summed E-state index contributed by atoms with van der Waals surface area (Å²) < 4.78 is 1.51. The lowest BCUT2D eigenvalue weighted by Crippen LogP contribution is -2.32. The average molecular weight is 466 g/mol. The Morgan fingerprint density at radius 1 is 1.00 bits per heavy atom. The third-order valence-electron chi connectivity index (χ3n) is 5.62. The second-order valence-electron chi connectivity index (χ2n) is 8.17. The highest BCUT2D eigenvalue weighted by molar-refractivity contribution is 7.99. The van der Waals surface area contributed by atoms with Crippen molar-refractivity contribution in [3.63, 3.8) is 0 Å². The van der Waals surface area contributed by atoms with E-state index in [1.165, 1.54) is 35.0 Å². The first-order valence-electron chi connectivity index (χ1n) is 10.9. The van der Waals surface area contributed by atoms with E-state index >= 15 is 0 Å². The molecule has 0 bridgehead atoms. The Bertz CT molecular complexity index is 1090. The number of carbonyl (C=O) groups excluding carboxylic acids is 2. The molecule has 4 rings (SSSR count). The minimum Gasteiger partial charge on any atom is -0.372 e. The van der Waals surface area contributed by atoms with Crippen LogP contribution in [-0.4, -0.2) is 50.9 Å². The van der Waals surface area contributed by atoms with Crippen molar-refractivity contribution in [3.05, 3.63) is 54.1 Å². The lowest BCUT2D eigenvalue weighted by molar-refractivity contribution is -0.113. The number of nitrogens with zero attached hydrogens (tertiary/aromatic N) is 5. The summed E-state index contributed by atoms with van der Waals surface area (Å²) in [6, 6.07) is 14.8. The van der Waals surface area contributed by atoms with E-state index in [0.717, 1.165) is 24.7 Å². The molecule has 2 N–H and O–H groups in total. The molecule has 3 aromatic rings. The van der Waals surface area contributed by atoms with Gasteiger partial charge in [-0.25, -0.2) is 4.68 Å². The predicted molar refractivity (Wildman–Crippen MR) is 130 cm³/mol. The van der Waals surface area contributed by atoms with Gasteiger partial charge in [0.15, 0.2) is 0 Å². The number of rotatable bonds is 7. The van der Waals surface area contributed by atoms with Gasteiger partial charge in [0.1, 0.15) is 0 Å². The predicted octanol–water partition coefficient (Wildman–Crippen LogP) is 3.43. The van der Waals surface area contributed by atoms with Crippen LogP contribution in [0.3, 0.4) is 0 Å². The molecule has 1 aromatic heterocycles. The first-order valence-corrected chi connectivity index (χ1v) is 11.9. The number of nitrogens with one attached hydrogen (secondary N) is 2. The van der Waals surface area contributed by atoms with Gasteiger partial charge in [0.25, 0.3) is 5.91 Å². The third kappa shape index (κ3) is 6.10. The van der Waals surface area contributed by atoms with E-state index in [4.69, 9.17) is 0 Å². The summed E-state index contributed by atoms with van der Waals surface area (Å²) in [6.07, 6.45) is 2.43. The molecule has 0 radical (unpaired) electrons. The Hall–Kier alpha value is -3.40. The molecule has 9 nitrogen and oxygen atoms in total. The van der Waals surface area contributed by atoms with Crippen LogP contribution in [0.2, 0.25) is 0 Å². The largest absolute Gasteiger partial charge is 0.372 e. The van der Waals surface area contributed by atoms with Crippen LogP contribution in [0.25, 0.3) is 0 Å². The van der Waals surface area contributed by atoms with E-state index < -0.39 is 0 Å². The number of aryl methyl sites for hydroxylation is 1. The lowest BCUT2D eigenvalue weighted by atomic mass is 9.99. The Kier molecular flexibility index (Phi) is 7.23. The number of piperidine rings is 1. The van der Waals surface area contributed by atoms with Crippen molar-refractivity contribution < 1.29 is 9.59 Å². The smallest absolute Gasteiger partial charge is 0.255 e. The number of carbonyl (C=O) groups is 2. The molecule has 0 spiro atoms.